The molecule has 1 aromatic heterocycles. The minimum Gasteiger partial charge on any atom is -0.449 e. The van der Waals surface area contributed by atoms with E-state index in [2.05, 4.69) is 229 Å². The van der Waals surface area contributed by atoms with Crippen LogP contribution in [0.1, 0.15) is 22.3 Å². The average Bonchev–Trinajstić information content (AvgIpc) is 3.91. The minimum atomic E-state index is -0.564. The van der Waals surface area contributed by atoms with E-state index in [0.717, 1.165) is 38.5 Å². The van der Waals surface area contributed by atoms with Gasteiger partial charge in [-0.05, 0) is 95.9 Å². The molecule has 66 heavy (non-hydrogen) atoms. The topological polar surface area (TPSA) is 34.2 Å². The lowest BCUT2D eigenvalue weighted by atomic mass is 9.67. The molecule has 2 aliphatic rings. The van der Waals surface area contributed by atoms with Gasteiger partial charge in [0.2, 0.25) is 0 Å². The number of rotatable bonds is 5. The quantitative estimate of drug-likeness (QED) is 0.175. The predicted octanol–water partition coefficient (Wildman–Crippen LogP) is 16.9. The van der Waals surface area contributed by atoms with Gasteiger partial charge < -0.3 is 14.5 Å². The maximum absolute atomic E-state index is 7.28. The van der Waals surface area contributed by atoms with Crippen molar-refractivity contribution in [2.24, 2.45) is 0 Å². The second kappa shape index (κ2) is 14.2. The summed E-state index contributed by atoms with van der Waals surface area (Å²) >= 11 is 0. The van der Waals surface area contributed by atoms with E-state index >= 15 is 0 Å². The molecule has 0 saturated heterocycles. The Kier molecular flexibility index (Phi) is 7.90. The first-order valence-corrected chi connectivity index (χ1v) is 22.7. The number of H-pyrrole nitrogens is 1. The fourth-order valence-corrected chi connectivity index (χ4v) is 11.5. The van der Waals surface area contributed by atoms with Crippen molar-refractivity contribution in [2.45, 2.75) is 5.41 Å². The highest BCUT2D eigenvalue weighted by Crippen LogP contribution is 2.61. The fourth-order valence-electron chi connectivity index (χ4n) is 11.5. The van der Waals surface area contributed by atoms with Gasteiger partial charge in [-0.2, -0.15) is 0 Å². The Morgan fingerprint density at radius 3 is 1.55 bits per heavy atom. The smallest absolute Gasteiger partial charge is 0.177 e. The van der Waals surface area contributed by atoms with Crippen molar-refractivity contribution < 1.29 is 9.47 Å². The molecule has 0 radical (unpaired) electrons. The third-order valence-electron chi connectivity index (χ3n) is 14.1. The molecule has 3 nitrogen and oxygen atoms in total. The van der Waals surface area contributed by atoms with Crippen LogP contribution in [0.3, 0.4) is 0 Å². The van der Waals surface area contributed by atoms with Crippen molar-refractivity contribution in [1.82, 2.24) is 4.98 Å². The molecular weight excluding hydrogens is 803 g/mol. The number of para-hydroxylation sites is 2. The number of hydrogen-bond donors (Lipinski definition) is 1. The van der Waals surface area contributed by atoms with Gasteiger partial charge >= 0.3 is 0 Å². The fraction of sp³-hybridized carbons (Fsp3) is 0.0159. The summed E-state index contributed by atoms with van der Waals surface area (Å²) in [5.74, 6) is 2.81. The number of hydrogen-bond acceptors (Lipinski definition) is 2. The standard InChI is InChI=1S/C63H39NO2/c1-4-19-39(20-5-1)42-30-16-32-49-60-48(31-17-35-54(60)64-61(42)49)58-44-26-10-12-28-46(44)59(47-29-13-11-27-45(47)58)50-33-18-36-55-62(50)66-57-38-53-51(37-56(57)65-55)43-25-14-15-34-52(43)63(53,40-21-6-2-7-22-40)41-23-8-3-9-24-41/h1-38,64H. The van der Waals surface area contributed by atoms with Crippen LogP contribution in [0.15, 0.2) is 231 Å². The Morgan fingerprint density at radius 2 is 0.848 bits per heavy atom. The second-order valence-corrected chi connectivity index (χ2v) is 17.5. The highest BCUT2D eigenvalue weighted by Gasteiger charge is 2.47. The molecule has 0 bridgehead atoms. The van der Waals surface area contributed by atoms with Gasteiger partial charge in [0, 0.05) is 33.0 Å². The maximum atomic E-state index is 7.28. The SMILES string of the molecule is c1ccc(-c2cccc3c2[nH]c2cccc(-c4c5ccccc5c(-c5cccc6c5Oc5cc7c(cc5O6)-c5ccccc5C7(c5ccccc5)c5ccccc5)c5ccccc45)c23)cc1. The van der Waals surface area contributed by atoms with Gasteiger partial charge in [-0.25, -0.2) is 0 Å². The zero-order chi connectivity index (χ0) is 43.3. The number of ether oxygens (including phenoxy) is 2. The van der Waals surface area contributed by atoms with Crippen molar-refractivity contribution in [3.63, 3.8) is 0 Å². The van der Waals surface area contributed by atoms with Gasteiger partial charge in [-0.15, -0.1) is 0 Å². The molecule has 11 aromatic carbocycles. The summed E-state index contributed by atoms with van der Waals surface area (Å²) in [6.45, 7) is 0. The molecular formula is C63H39NO2. The summed E-state index contributed by atoms with van der Waals surface area (Å²) < 4.78 is 14.2. The van der Waals surface area contributed by atoms with Gasteiger partial charge in [0.1, 0.15) is 0 Å². The zero-order valence-corrected chi connectivity index (χ0v) is 35.8. The molecule has 1 aliphatic carbocycles. The lowest BCUT2D eigenvalue weighted by Crippen LogP contribution is -2.28. The molecule has 14 rings (SSSR count). The van der Waals surface area contributed by atoms with Crippen LogP contribution in [-0.2, 0) is 5.41 Å². The molecule has 1 aliphatic heterocycles. The summed E-state index contributed by atoms with van der Waals surface area (Å²) in [5.41, 5.74) is 15.8. The number of nitrogens with one attached hydrogen (secondary N) is 1. The van der Waals surface area contributed by atoms with Crippen molar-refractivity contribution in [3.05, 3.63) is 253 Å². The van der Waals surface area contributed by atoms with Gasteiger partial charge in [0.05, 0.1) is 10.9 Å². The molecule has 0 unspecified atom stereocenters. The lowest BCUT2D eigenvalue weighted by Gasteiger charge is -2.34. The summed E-state index contributed by atoms with van der Waals surface area (Å²) in [5, 5.41) is 7.06. The number of aromatic amines is 1. The highest BCUT2D eigenvalue weighted by molar-refractivity contribution is 6.27. The Bertz CT molecular complexity index is 3830. The first-order chi connectivity index (χ1) is 32.8. The summed E-state index contributed by atoms with van der Waals surface area (Å²) in [6, 6.07) is 83.0. The molecule has 0 amide bonds. The second-order valence-electron chi connectivity index (χ2n) is 17.5. The molecule has 0 fully saturated rings. The molecule has 0 atom stereocenters. The van der Waals surface area contributed by atoms with Crippen molar-refractivity contribution in [3.8, 4) is 67.5 Å². The van der Waals surface area contributed by atoms with E-state index in [1.807, 2.05) is 6.07 Å². The van der Waals surface area contributed by atoms with Crippen molar-refractivity contribution in [1.29, 1.82) is 0 Å². The monoisotopic (exact) mass is 841 g/mol. The Balaban J connectivity index is 0.979. The number of aromatic nitrogens is 1. The van der Waals surface area contributed by atoms with E-state index in [0.29, 0.717) is 23.0 Å². The van der Waals surface area contributed by atoms with Gasteiger partial charge in [0.15, 0.2) is 23.0 Å². The molecule has 2 heterocycles. The molecule has 0 spiro atoms. The van der Waals surface area contributed by atoms with E-state index in [9.17, 15) is 0 Å². The first-order valence-electron chi connectivity index (χ1n) is 22.7. The molecule has 308 valence electrons. The Hall–Kier alpha value is -8.66. The van der Waals surface area contributed by atoms with Gasteiger partial charge in [0.25, 0.3) is 0 Å². The van der Waals surface area contributed by atoms with Crippen LogP contribution in [0.25, 0.3) is 87.9 Å². The van der Waals surface area contributed by atoms with Crippen LogP contribution in [0, 0.1) is 0 Å². The third-order valence-corrected chi connectivity index (χ3v) is 14.1. The van der Waals surface area contributed by atoms with Crippen LogP contribution >= 0.6 is 0 Å². The summed E-state index contributed by atoms with van der Waals surface area (Å²) in [7, 11) is 0. The van der Waals surface area contributed by atoms with E-state index in [-0.39, 0.29) is 0 Å². The first kappa shape index (κ1) is 36.8. The van der Waals surface area contributed by atoms with E-state index in [1.54, 1.807) is 0 Å². The predicted molar refractivity (Wildman–Crippen MR) is 271 cm³/mol. The van der Waals surface area contributed by atoms with Crippen molar-refractivity contribution >= 4 is 43.4 Å². The zero-order valence-electron chi connectivity index (χ0n) is 35.8. The number of benzene rings is 11. The summed E-state index contributed by atoms with van der Waals surface area (Å²) in [4.78, 5) is 3.84. The Morgan fingerprint density at radius 1 is 0.333 bits per heavy atom. The van der Waals surface area contributed by atoms with Crippen LogP contribution in [0.5, 0.6) is 23.0 Å². The van der Waals surface area contributed by atoms with E-state index < -0.39 is 5.41 Å². The van der Waals surface area contributed by atoms with Crippen LogP contribution in [0.4, 0.5) is 0 Å². The Labute approximate surface area is 381 Å². The summed E-state index contributed by atoms with van der Waals surface area (Å²) in [6.07, 6.45) is 0. The van der Waals surface area contributed by atoms with Crippen molar-refractivity contribution in [2.75, 3.05) is 0 Å². The molecule has 12 aromatic rings. The average molecular weight is 842 g/mol. The highest BCUT2D eigenvalue weighted by atomic mass is 16.6. The molecule has 1 N–H and O–H groups in total. The normalized spacial score (nSPS) is 13.2. The molecule has 0 saturated carbocycles. The lowest BCUT2D eigenvalue weighted by molar-refractivity contribution is 0.360. The minimum absolute atomic E-state index is 0.564. The van der Waals surface area contributed by atoms with E-state index in [4.69, 9.17) is 9.47 Å². The maximum Gasteiger partial charge on any atom is 0.177 e. The van der Waals surface area contributed by atoms with Gasteiger partial charge in [-0.3, -0.25) is 0 Å². The van der Waals surface area contributed by atoms with Gasteiger partial charge in [-0.1, -0.05) is 206 Å². The largest absolute Gasteiger partial charge is 0.449 e. The van der Waals surface area contributed by atoms with Crippen LogP contribution < -0.4 is 9.47 Å². The van der Waals surface area contributed by atoms with Crippen LogP contribution in [0.2, 0.25) is 0 Å². The molecule has 3 heteroatoms. The number of fused-ring (bicyclic) bond motifs is 10. The van der Waals surface area contributed by atoms with Crippen LogP contribution in [-0.4, -0.2) is 4.98 Å². The van der Waals surface area contributed by atoms with E-state index in [1.165, 1.54) is 71.6 Å². The third kappa shape index (κ3) is 5.14.